The van der Waals surface area contributed by atoms with E-state index in [1.165, 1.54) is 0 Å². The standard InChI is InChI=1S/C9H13N3O3/c10-2-1-7(13)12-3-5-6(4-12)9(15)11-8(5)14/h5-6H,1-4,10H2,(H,11,14,15)/t5-,6-/m0/s1. The molecule has 82 valence electrons. The van der Waals surface area contributed by atoms with E-state index in [4.69, 9.17) is 5.73 Å². The van der Waals surface area contributed by atoms with Gasteiger partial charge in [0.15, 0.2) is 0 Å². The van der Waals surface area contributed by atoms with E-state index in [1.807, 2.05) is 0 Å². The van der Waals surface area contributed by atoms with Crippen LogP contribution < -0.4 is 11.1 Å². The van der Waals surface area contributed by atoms with Gasteiger partial charge in [-0.25, -0.2) is 0 Å². The van der Waals surface area contributed by atoms with Crippen molar-refractivity contribution in [3.63, 3.8) is 0 Å². The number of amides is 3. The summed E-state index contributed by atoms with van der Waals surface area (Å²) in [4.78, 5) is 35.6. The fourth-order valence-electron chi connectivity index (χ4n) is 2.13. The van der Waals surface area contributed by atoms with Gasteiger partial charge in [0.05, 0.1) is 11.8 Å². The van der Waals surface area contributed by atoms with E-state index in [0.717, 1.165) is 0 Å². The zero-order chi connectivity index (χ0) is 11.0. The van der Waals surface area contributed by atoms with E-state index in [1.54, 1.807) is 4.90 Å². The lowest BCUT2D eigenvalue weighted by atomic mass is 10.00. The smallest absolute Gasteiger partial charge is 0.232 e. The Labute approximate surface area is 86.8 Å². The van der Waals surface area contributed by atoms with Gasteiger partial charge in [0.25, 0.3) is 0 Å². The van der Waals surface area contributed by atoms with E-state index in [9.17, 15) is 14.4 Å². The molecular weight excluding hydrogens is 198 g/mol. The summed E-state index contributed by atoms with van der Waals surface area (Å²) in [5.41, 5.74) is 5.27. The summed E-state index contributed by atoms with van der Waals surface area (Å²) in [5, 5.41) is 2.27. The van der Waals surface area contributed by atoms with E-state index in [0.29, 0.717) is 19.6 Å². The molecule has 3 N–H and O–H groups in total. The zero-order valence-electron chi connectivity index (χ0n) is 8.23. The highest BCUT2D eigenvalue weighted by Crippen LogP contribution is 2.28. The maximum atomic E-state index is 11.5. The van der Waals surface area contributed by atoms with Gasteiger partial charge in [-0.3, -0.25) is 19.7 Å². The molecule has 6 nitrogen and oxygen atoms in total. The Morgan fingerprint density at radius 3 is 2.33 bits per heavy atom. The second kappa shape index (κ2) is 3.62. The zero-order valence-corrected chi connectivity index (χ0v) is 8.23. The molecule has 3 amide bonds. The first-order valence-corrected chi connectivity index (χ1v) is 4.96. The summed E-state index contributed by atoms with van der Waals surface area (Å²) in [6.45, 7) is 0.993. The highest BCUT2D eigenvalue weighted by molar-refractivity contribution is 6.06. The Morgan fingerprint density at radius 2 is 1.87 bits per heavy atom. The average Bonchev–Trinajstić information content (AvgIpc) is 2.70. The lowest BCUT2D eigenvalue weighted by Gasteiger charge is -2.16. The number of rotatable bonds is 2. The minimum Gasteiger partial charge on any atom is -0.341 e. The number of nitrogens with zero attached hydrogens (tertiary/aromatic N) is 1. The fourth-order valence-corrected chi connectivity index (χ4v) is 2.13. The second-order valence-electron chi connectivity index (χ2n) is 3.90. The van der Waals surface area contributed by atoms with Gasteiger partial charge >= 0.3 is 0 Å². The Kier molecular flexibility index (Phi) is 2.44. The van der Waals surface area contributed by atoms with Crippen LogP contribution in [-0.2, 0) is 14.4 Å². The van der Waals surface area contributed by atoms with Crippen LogP contribution >= 0.6 is 0 Å². The van der Waals surface area contributed by atoms with Crippen LogP contribution in [0.25, 0.3) is 0 Å². The van der Waals surface area contributed by atoms with E-state index < -0.39 is 0 Å². The Balaban J connectivity index is 2.03. The second-order valence-corrected chi connectivity index (χ2v) is 3.90. The number of carbonyl (C=O) groups is 3. The average molecular weight is 211 g/mol. The molecule has 15 heavy (non-hydrogen) atoms. The third kappa shape index (κ3) is 1.61. The first kappa shape index (κ1) is 10.1. The first-order chi connectivity index (χ1) is 7.13. The number of hydrogen-bond donors (Lipinski definition) is 2. The Hall–Kier alpha value is -1.43. The van der Waals surface area contributed by atoms with Gasteiger partial charge in [-0.1, -0.05) is 0 Å². The summed E-state index contributed by atoms with van der Waals surface area (Å²) in [6, 6.07) is 0. The summed E-state index contributed by atoms with van der Waals surface area (Å²) < 4.78 is 0. The van der Waals surface area contributed by atoms with Crippen LogP contribution in [0.15, 0.2) is 0 Å². The third-order valence-electron chi connectivity index (χ3n) is 2.95. The van der Waals surface area contributed by atoms with Gasteiger partial charge in [0.1, 0.15) is 0 Å². The predicted octanol–water partition coefficient (Wildman–Crippen LogP) is -1.93. The summed E-state index contributed by atoms with van der Waals surface area (Å²) in [6.07, 6.45) is 0.273. The highest BCUT2D eigenvalue weighted by Gasteiger charge is 2.48. The molecule has 2 aliphatic rings. The molecule has 0 unspecified atom stereocenters. The number of nitrogens with one attached hydrogen (secondary N) is 1. The van der Waals surface area contributed by atoms with Gasteiger partial charge in [-0.05, 0) is 0 Å². The number of hydrogen-bond acceptors (Lipinski definition) is 4. The lowest BCUT2D eigenvalue weighted by Crippen LogP contribution is -2.35. The maximum Gasteiger partial charge on any atom is 0.232 e. The maximum absolute atomic E-state index is 11.5. The van der Waals surface area contributed by atoms with Crippen LogP contribution in [-0.4, -0.2) is 42.3 Å². The molecule has 0 saturated carbocycles. The minimum absolute atomic E-state index is 0.0764. The molecule has 2 aliphatic heterocycles. The van der Waals surface area contributed by atoms with Crippen LogP contribution in [0.3, 0.4) is 0 Å². The number of likely N-dealkylation sites (tertiary alicyclic amines) is 1. The number of fused-ring (bicyclic) bond motifs is 1. The SMILES string of the molecule is NCCC(=O)N1C[C@@H]2C(=O)NC(=O)[C@H]2C1. The van der Waals surface area contributed by atoms with Gasteiger partial charge in [-0.2, -0.15) is 0 Å². The molecule has 0 aliphatic carbocycles. The molecule has 0 radical (unpaired) electrons. The monoisotopic (exact) mass is 211 g/mol. The predicted molar refractivity (Wildman–Crippen MR) is 50.4 cm³/mol. The lowest BCUT2D eigenvalue weighted by molar-refractivity contribution is -0.131. The van der Waals surface area contributed by atoms with E-state index in [-0.39, 0.29) is 36.0 Å². The normalized spacial score (nSPS) is 29.3. The Morgan fingerprint density at radius 1 is 1.33 bits per heavy atom. The molecule has 0 aromatic rings. The summed E-state index contributed by atoms with van der Waals surface area (Å²) in [5.74, 6) is -1.29. The van der Waals surface area contributed by atoms with Crippen molar-refractivity contribution in [1.29, 1.82) is 0 Å². The van der Waals surface area contributed by atoms with Crippen molar-refractivity contribution in [3.05, 3.63) is 0 Å². The molecule has 0 aromatic carbocycles. The molecule has 2 heterocycles. The number of nitrogens with two attached hydrogens (primary N) is 1. The molecule has 0 aromatic heterocycles. The molecule has 0 bridgehead atoms. The van der Waals surface area contributed by atoms with Crippen molar-refractivity contribution in [2.24, 2.45) is 17.6 Å². The van der Waals surface area contributed by atoms with Crippen molar-refractivity contribution in [1.82, 2.24) is 10.2 Å². The topological polar surface area (TPSA) is 92.5 Å². The van der Waals surface area contributed by atoms with Crippen molar-refractivity contribution in [2.45, 2.75) is 6.42 Å². The minimum atomic E-state index is -0.348. The highest BCUT2D eigenvalue weighted by atomic mass is 16.2. The molecule has 2 rings (SSSR count). The molecule has 2 atom stereocenters. The van der Waals surface area contributed by atoms with Crippen molar-refractivity contribution < 1.29 is 14.4 Å². The van der Waals surface area contributed by atoms with Gasteiger partial charge in [0.2, 0.25) is 17.7 Å². The molecule has 2 fully saturated rings. The summed E-state index contributed by atoms with van der Waals surface area (Å²) in [7, 11) is 0. The van der Waals surface area contributed by atoms with Gasteiger partial charge in [-0.15, -0.1) is 0 Å². The third-order valence-corrected chi connectivity index (χ3v) is 2.95. The Bertz CT molecular complexity index is 307. The molecule has 0 spiro atoms. The number of carbonyl (C=O) groups excluding carboxylic acids is 3. The van der Waals surface area contributed by atoms with Crippen molar-refractivity contribution in [2.75, 3.05) is 19.6 Å². The van der Waals surface area contributed by atoms with Crippen LogP contribution in [0.1, 0.15) is 6.42 Å². The van der Waals surface area contributed by atoms with E-state index >= 15 is 0 Å². The number of imide groups is 1. The largest absolute Gasteiger partial charge is 0.341 e. The molecular formula is C9H13N3O3. The van der Waals surface area contributed by atoms with Crippen molar-refractivity contribution in [3.8, 4) is 0 Å². The quantitative estimate of drug-likeness (QED) is 0.520. The van der Waals surface area contributed by atoms with Gasteiger partial charge < -0.3 is 10.6 Å². The van der Waals surface area contributed by atoms with Crippen LogP contribution in [0.4, 0.5) is 0 Å². The van der Waals surface area contributed by atoms with E-state index in [2.05, 4.69) is 5.32 Å². The first-order valence-electron chi connectivity index (χ1n) is 4.96. The van der Waals surface area contributed by atoms with Crippen LogP contribution in [0.5, 0.6) is 0 Å². The molecule has 2 saturated heterocycles. The van der Waals surface area contributed by atoms with Crippen LogP contribution in [0, 0.1) is 11.8 Å². The fraction of sp³-hybridized carbons (Fsp3) is 0.667. The van der Waals surface area contributed by atoms with Crippen molar-refractivity contribution >= 4 is 17.7 Å². The van der Waals surface area contributed by atoms with Gasteiger partial charge in [0, 0.05) is 26.1 Å². The van der Waals surface area contributed by atoms with Crippen LogP contribution in [0.2, 0.25) is 0 Å². The molecule has 6 heteroatoms. The summed E-state index contributed by atoms with van der Waals surface area (Å²) >= 11 is 0.